The SMILES string of the molecule is CCCCCCOC(Cc1ccc(OC/C=C(\C)c2ccc(-c3ccccc3)cc2)cc1)C(=O)OCC. The van der Waals surface area contributed by atoms with Crippen LogP contribution in [0.5, 0.6) is 5.75 Å². The predicted octanol–water partition coefficient (Wildman–Crippen LogP) is 7.91. The van der Waals surface area contributed by atoms with E-state index in [0.29, 0.717) is 26.2 Å². The summed E-state index contributed by atoms with van der Waals surface area (Å²) >= 11 is 0. The molecule has 0 aliphatic carbocycles. The van der Waals surface area contributed by atoms with Crippen LogP contribution in [0.3, 0.4) is 0 Å². The van der Waals surface area contributed by atoms with Crippen molar-refractivity contribution >= 4 is 11.5 Å². The summed E-state index contributed by atoms with van der Waals surface area (Å²) < 4.78 is 17.1. The first-order valence-corrected chi connectivity index (χ1v) is 13.4. The molecule has 196 valence electrons. The standard InChI is InChI=1S/C33H40O4/c1-4-6-7-11-23-37-32(33(34)35-5-2)25-27-14-20-31(21-15-27)36-24-22-26(3)28-16-18-30(19-17-28)29-12-9-8-10-13-29/h8-10,12-22,32H,4-7,11,23-25H2,1-3H3/b26-22+. The minimum Gasteiger partial charge on any atom is -0.490 e. The van der Waals surface area contributed by atoms with E-state index >= 15 is 0 Å². The van der Waals surface area contributed by atoms with Gasteiger partial charge in [-0.2, -0.15) is 0 Å². The van der Waals surface area contributed by atoms with E-state index in [1.54, 1.807) is 0 Å². The monoisotopic (exact) mass is 500 g/mol. The maximum atomic E-state index is 12.4. The first-order valence-electron chi connectivity index (χ1n) is 13.4. The van der Waals surface area contributed by atoms with Gasteiger partial charge in [-0.15, -0.1) is 0 Å². The van der Waals surface area contributed by atoms with Crippen LogP contribution < -0.4 is 4.74 Å². The molecule has 1 unspecified atom stereocenters. The lowest BCUT2D eigenvalue weighted by molar-refractivity contribution is -0.156. The molecule has 0 saturated heterocycles. The average Bonchev–Trinajstić information content (AvgIpc) is 2.94. The Kier molecular flexibility index (Phi) is 12.0. The maximum Gasteiger partial charge on any atom is 0.335 e. The molecule has 0 radical (unpaired) electrons. The number of carbonyl (C=O) groups is 1. The molecule has 3 aromatic carbocycles. The molecule has 0 fully saturated rings. The number of allylic oxidation sites excluding steroid dienone is 1. The smallest absolute Gasteiger partial charge is 0.335 e. The Morgan fingerprint density at radius 2 is 1.54 bits per heavy atom. The van der Waals surface area contributed by atoms with Crippen molar-refractivity contribution < 1.29 is 19.0 Å². The van der Waals surface area contributed by atoms with Gasteiger partial charge in [-0.1, -0.05) is 92.9 Å². The van der Waals surface area contributed by atoms with E-state index in [1.807, 2.05) is 37.3 Å². The molecule has 4 nitrogen and oxygen atoms in total. The van der Waals surface area contributed by atoms with Crippen LogP contribution in [0.1, 0.15) is 57.6 Å². The van der Waals surface area contributed by atoms with Crippen molar-refractivity contribution in [2.24, 2.45) is 0 Å². The largest absolute Gasteiger partial charge is 0.490 e. The molecule has 0 aliphatic rings. The van der Waals surface area contributed by atoms with Gasteiger partial charge in [0, 0.05) is 13.0 Å². The third-order valence-corrected chi connectivity index (χ3v) is 6.30. The molecule has 37 heavy (non-hydrogen) atoms. The van der Waals surface area contributed by atoms with Gasteiger partial charge in [0.1, 0.15) is 12.4 Å². The van der Waals surface area contributed by atoms with Crippen LogP contribution in [0, 0.1) is 0 Å². The molecule has 0 aliphatic heterocycles. The summed E-state index contributed by atoms with van der Waals surface area (Å²) in [5.41, 5.74) is 5.79. The number of rotatable bonds is 15. The third kappa shape index (κ3) is 9.55. The Morgan fingerprint density at radius 3 is 2.22 bits per heavy atom. The van der Waals surface area contributed by atoms with E-state index in [-0.39, 0.29) is 5.97 Å². The van der Waals surface area contributed by atoms with Crippen molar-refractivity contribution in [3.8, 4) is 16.9 Å². The third-order valence-electron chi connectivity index (χ3n) is 6.30. The van der Waals surface area contributed by atoms with E-state index in [1.165, 1.54) is 35.1 Å². The molecule has 4 heteroatoms. The number of carbonyl (C=O) groups excluding carboxylic acids is 1. The van der Waals surface area contributed by atoms with Gasteiger partial charge in [-0.25, -0.2) is 4.79 Å². The lowest BCUT2D eigenvalue weighted by atomic mass is 10.0. The fourth-order valence-electron chi connectivity index (χ4n) is 4.07. The first kappa shape index (κ1) is 28.2. The summed E-state index contributed by atoms with van der Waals surface area (Å²) in [6, 6.07) is 26.8. The summed E-state index contributed by atoms with van der Waals surface area (Å²) in [5.74, 6) is 0.496. The fraction of sp³-hybridized carbons (Fsp3) is 0.364. The van der Waals surface area contributed by atoms with E-state index in [9.17, 15) is 4.79 Å². The molecule has 0 aromatic heterocycles. The minimum absolute atomic E-state index is 0.296. The summed E-state index contributed by atoms with van der Waals surface area (Å²) in [7, 11) is 0. The fourth-order valence-corrected chi connectivity index (χ4v) is 4.07. The maximum absolute atomic E-state index is 12.4. The van der Waals surface area contributed by atoms with Gasteiger partial charge in [0.05, 0.1) is 6.61 Å². The molecule has 1 atom stereocenters. The normalized spacial score (nSPS) is 12.2. The van der Waals surface area contributed by atoms with Gasteiger partial charge in [0.15, 0.2) is 6.10 Å². The highest BCUT2D eigenvalue weighted by Crippen LogP contribution is 2.22. The van der Waals surface area contributed by atoms with Crippen molar-refractivity contribution in [1.29, 1.82) is 0 Å². The zero-order valence-corrected chi connectivity index (χ0v) is 22.5. The van der Waals surface area contributed by atoms with Gasteiger partial charge < -0.3 is 14.2 Å². The Morgan fingerprint density at radius 1 is 0.838 bits per heavy atom. The van der Waals surface area contributed by atoms with Crippen LogP contribution in [0.25, 0.3) is 16.7 Å². The lowest BCUT2D eigenvalue weighted by Gasteiger charge is -2.17. The van der Waals surface area contributed by atoms with Crippen LogP contribution in [0.15, 0.2) is 84.9 Å². The van der Waals surface area contributed by atoms with E-state index in [2.05, 4.69) is 68.5 Å². The second-order valence-electron chi connectivity index (χ2n) is 9.16. The van der Waals surface area contributed by atoms with Crippen LogP contribution in [-0.2, 0) is 20.7 Å². The molecule has 3 rings (SSSR count). The zero-order valence-electron chi connectivity index (χ0n) is 22.5. The molecule has 0 spiro atoms. The summed E-state index contributed by atoms with van der Waals surface area (Å²) in [6.45, 7) is 7.51. The zero-order chi connectivity index (χ0) is 26.3. The second kappa shape index (κ2) is 15.7. The molecular formula is C33H40O4. The predicted molar refractivity (Wildman–Crippen MR) is 152 cm³/mol. The van der Waals surface area contributed by atoms with Gasteiger partial charge in [0.25, 0.3) is 0 Å². The van der Waals surface area contributed by atoms with Crippen LogP contribution >= 0.6 is 0 Å². The average molecular weight is 501 g/mol. The Balaban J connectivity index is 1.50. The highest BCUT2D eigenvalue weighted by molar-refractivity contribution is 5.75. The van der Waals surface area contributed by atoms with E-state index in [0.717, 1.165) is 24.2 Å². The van der Waals surface area contributed by atoms with Crippen LogP contribution in [-0.4, -0.2) is 31.9 Å². The van der Waals surface area contributed by atoms with E-state index in [4.69, 9.17) is 14.2 Å². The number of ether oxygens (including phenoxy) is 3. The molecule has 0 N–H and O–H groups in total. The molecule has 0 heterocycles. The lowest BCUT2D eigenvalue weighted by Crippen LogP contribution is -2.29. The molecule has 3 aromatic rings. The van der Waals surface area contributed by atoms with Crippen molar-refractivity contribution in [2.75, 3.05) is 19.8 Å². The molecule has 0 amide bonds. The Labute approximate surface area is 222 Å². The van der Waals surface area contributed by atoms with Gasteiger partial charge in [-0.05, 0) is 66.3 Å². The highest BCUT2D eigenvalue weighted by atomic mass is 16.6. The highest BCUT2D eigenvalue weighted by Gasteiger charge is 2.21. The molecule has 0 saturated carbocycles. The van der Waals surface area contributed by atoms with Crippen molar-refractivity contribution in [2.45, 2.75) is 59.0 Å². The quantitative estimate of drug-likeness (QED) is 0.157. The molecule has 0 bridgehead atoms. The number of benzene rings is 3. The summed E-state index contributed by atoms with van der Waals surface area (Å²) in [5, 5.41) is 0. The number of esters is 1. The topological polar surface area (TPSA) is 44.8 Å². The second-order valence-corrected chi connectivity index (χ2v) is 9.16. The van der Waals surface area contributed by atoms with Gasteiger partial charge in [-0.3, -0.25) is 0 Å². The number of unbranched alkanes of at least 4 members (excludes halogenated alkanes) is 3. The van der Waals surface area contributed by atoms with Crippen molar-refractivity contribution in [3.63, 3.8) is 0 Å². The van der Waals surface area contributed by atoms with Crippen molar-refractivity contribution in [3.05, 3.63) is 96.1 Å². The number of hydrogen-bond acceptors (Lipinski definition) is 4. The summed E-state index contributed by atoms with van der Waals surface area (Å²) in [6.07, 6.45) is 6.44. The number of hydrogen-bond donors (Lipinski definition) is 0. The Bertz CT molecular complexity index is 1090. The van der Waals surface area contributed by atoms with E-state index < -0.39 is 6.10 Å². The van der Waals surface area contributed by atoms with Crippen molar-refractivity contribution in [1.82, 2.24) is 0 Å². The Hall–Kier alpha value is -3.37. The van der Waals surface area contributed by atoms with Crippen LogP contribution in [0.2, 0.25) is 0 Å². The van der Waals surface area contributed by atoms with Crippen LogP contribution in [0.4, 0.5) is 0 Å². The summed E-state index contributed by atoms with van der Waals surface area (Å²) in [4.78, 5) is 12.4. The van der Waals surface area contributed by atoms with Gasteiger partial charge >= 0.3 is 5.97 Å². The molecular weight excluding hydrogens is 460 g/mol. The van der Waals surface area contributed by atoms with Gasteiger partial charge in [0.2, 0.25) is 0 Å². The first-order chi connectivity index (χ1) is 18.1. The minimum atomic E-state index is -0.577.